The molecule has 0 radical (unpaired) electrons. The van der Waals surface area contributed by atoms with Gasteiger partial charge >= 0.3 is 11.9 Å². The van der Waals surface area contributed by atoms with Crippen molar-refractivity contribution in [3.63, 3.8) is 0 Å². The Morgan fingerprint density at radius 3 is 1.25 bits per heavy atom. The molecule has 6 heteroatoms. The maximum Gasteiger partial charge on any atom is 0.342 e. The number of aliphatic hydroxyl groups is 2. The van der Waals surface area contributed by atoms with Crippen molar-refractivity contribution in [1.82, 2.24) is 0 Å². The van der Waals surface area contributed by atoms with Crippen LogP contribution in [0.2, 0.25) is 0 Å². The quantitative estimate of drug-likeness (QED) is 0.676. The fourth-order valence-electron chi connectivity index (χ4n) is 2.15. The topological polar surface area (TPSA) is 93.1 Å². The van der Waals surface area contributed by atoms with Crippen LogP contribution >= 0.6 is 0 Å². The van der Waals surface area contributed by atoms with Gasteiger partial charge in [0.25, 0.3) is 0 Å². The summed E-state index contributed by atoms with van der Waals surface area (Å²) in [5, 5.41) is 21.5. The summed E-state index contributed by atoms with van der Waals surface area (Å²) in [5.41, 5.74) is -4.74. The first-order chi connectivity index (χ1) is 9.10. The van der Waals surface area contributed by atoms with Gasteiger partial charge in [-0.1, -0.05) is 27.7 Å². The van der Waals surface area contributed by atoms with Crippen molar-refractivity contribution in [2.75, 3.05) is 13.2 Å². The number of carbonyl (C=O) groups excluding carboxylic acids is 2. The van der Waals surface area contributed by atoms with Gasteiger partial charge in [-0.25, -0.2) is 9.59 Å². The van der Waals surface area contributed by atoms with Crippen molar-refractivity contribution >= 4 is 11.9 Å². The van der Waals surface area contributed by atoms with Gasteiger partial charge in [0.05, 0.1) is 13.2 Å². The molecule has 2 atom stereocenters. The van der Waals surface area contributed by atoms with Gasteiger partial charge in [0.2, 0.25) is 11.2 Å². The van der Waals surface area contributed by atoms with Gasteiger partial charge in [0.15, 0.2) is 0 Å². The van der Waals surface area contributed by atoms with Crippen LogP contribution in [0.15, 0.2) is 0 Å². The second kappa shape index (κ2) is 7.04. The second-order valence-corrected chi connectivity index (χ2v) is 5.28. The molecule has 0 aromatic rings. The predicted molar refractivity (Wildman–Crippen MR) is 72.8 cm³/mol. The third-order valence-corrected chi connectivity index (χ3v) is 3.43. The number of hydrogen-bond acceptors (Lipinski definition) is 6. The van der Waals surface area contributed by atoms with Crippen molar-refractivity contribution in [3.8, 4) is 0 Å². The van der Waals surface area contributed by atoms with Crippen molar-refractivity contribution in [1.29, 1.82) is 0 Å². The number of hydrogen-bond donors (Lipinski definition) is 2. The normalized spacial score (nSPS) is 17.5. The largest absolute Gasteiger partial charge is 0.464 e. The smallest absolute Gasteiger partial charge is 0.342 e. The third kappa shape index (κ3) is 2.96. The lowest BCUT2D eigenvalue weighted by atomic mass is 9.69. The molecule has 2 unspecified atom stereocenters. The highest BCUT2D eigenvalue weighted by Crippen LogP contribution is 2.38. The first-order valence-corrected chi connectivity index (χ1v) is 6.89. The van der Waals surface area contributed by atoms with E-state index in [4.69, 9.17) is 9.47 Å². The molecule has 6 nitrogen and oxygen atoms in total. The Morgan fingerprint density at radius 2 is 1.10 bits per heavy atom. The van der Waals surface area contributed by atoms with Gasteiger partial charge in [0, 0.05) is 0 Å². The molecule has 0 aliphatic rings. The zero-order chi connectivity index (χ0) is 16.1. The molecule has 0 saturated carbocycles. The minimum atomic E-state index is -2.37. The lowest BCUT2D eigenvalue weighted by Gasteiger charge is -2.44. The van der Waals surface area contributed by atoms with E-state index in [1.807, 2.05) is 0 Å². The van der Waals surface area contributed by atoms with Gasteiger partial charge in [-0.05, 0) is 25.7 Å². The van der Waals surface area contributed by atoms with Crippen LogP contribution in [0, 0.1) is 11.8 Å². The molecule has 0 heterocycles. The molecule has 118 valence electrons. The summed E-state index contributed by atoms with van der Waals surface area (Å²) in [6.07, 6.45) is 0. The van der Waals surface area contributed by atoms with Gasteiger partial charge in [0.1, 0.15) is 0 Å². The zero-order valence-corrected chi connectivity index (χ0v) is 13.1. The minimum absolute atomic E-state index is 0.0326. The van der Waals surface area contributed by atoms with Crippen molar-refractivity contribution in [3.05, 3.63) is 0 Å². The maximum absolute atomic E-state index is 12.1. The van der Waals surface area contributed by atoms with E-state index >= 15 is 0 Å². The van der Waals surface area contributed by atoms with Crippen LogP contribution in [0.4, 0.5) is 0 Å². The van der Waals surface area contributed by atoms with Gasteiger partial charge < -0.3 is 19.7 Å². The van der Waals surface area contributed by atoms with E-state index in [9.17, 15) is 19.8 Å². The van der Waals surface area contributed by atoms with Crippen molar-refractivity contribution < 1.29 is 29.3 Å². The number of esters is 2. The second-order valence-electron chi connectivity index (χ2n) is 5.28. The molecule has 0 aromatic carbocycles. The molecular formula is C14H26O6. The van der Waals surface area contributed by atoms with E-state index in [0.717, 1.165) is 0 Å². The molecule has 0 fully saturated rings. The van der Waals surface area contributed by atoms with Crippen LogP contribution in [0.1, 0.15) is 41.5 Å². The van der Waals surface area contributed by atoms with E-state index in [0.29, 0.717) is 0 Å². The Kier molecular flexibility index (Phi) is 6.64. The van der Waals surface area contributed by atoms with Crippen molar-refractivity contribution in [2.45, 2.75) is 52.7 Å². The van der Waals surface area contributed by atoms with Gasteiger partial charge in [-0.2, -0.15) is 0 Å². The van der Waals surface area contributed by atoms with E-state index in [1.165, 1.54) is 27.7 Å². The first-order valence-electron chi connectivity index (χ1n) is 6.89. The van der Waals surface area contributed by atoms with Crippen LogP contribution in [0.3, 0.4) is 0 Å². The molecule has 20 heavy (non-hydrogen) atoms. The van der Waals surface area contributed by atoms with E-state index in [-0.39, 0.29) is 13.2 Å². The summed E-state index contributed by atoms with van der Waals surface area (Å²) in [6, 6.07) is 0. The molecule has 0 aromatic heterocycles. The zero-order valence-electron chi connectivity index (χ0n) is 13.1. The number of ether oxygens (including phenoxy) is 2. The molecule has 0 aliphatic carbocycles. The monoisotopic (exact) mass is 290 g/mol. The molecule has 0 aliphatic heterocycles. The van der Waals surface area contributed by atoms with Crippen molar-refractivity contribution in [2.24, 2.45) is 11.8 Å². The van der Waals surface area contributed by atoms with Crippen LogP contribution in [-0.2, 0) is 19.1 Å². The molecule has 0 spiro atoms. The summed E-state index contributed by atoms with van der Waals surface area (Å²) in [7, 11) is 0. The first kappa shape index (κ1) is 18.9. The molecule has 0 saturated heterocycles. The fourth-order valence-corrected chi connectivity index (χ4v) is 2.15. The summed E-state index contributed by atoms with van der Waals surface area (Å²) >= 11 is 0. The Morgan fingerprint density at radius 1 is 0.850 bits per heavy atom. The summed E-state index contributed by atoms with van der Waals surface area (Å²) in [4.78, 5) is 24.3. The van der Waals surface area contributed by atoms with Crippen LogP contribution in [0.25, 0.3) is 0 Å². The Labute approximate surface area is 120 Å². The summed E-state index contributed by atoms with van der Waals surface area (Å²) in [6.45, 7) is 9.35. The highest BCUT2D eigenvalue weighted by molar-refractivity contribution is 5.93. The van der Waals surface area contributed by atoms with Crippen LogP contribution in [-0.4, -0.2) is 46.6 Å². The molecule has 0 bridgehead atoms. The third-order valence-electron chi connectivity index (χ3n) is 3.43. The lowest BCUT2D eigenvalue weighted by Crippen LogP contribution is -2.69. The Bertz CT molecular complexity index is 318. The number of rotatable bonds is 7. The van der Waals surface area contributed by atoms with Gasteiger partial charge in [-0.3, -0.25) is 0 Å². The Hall–Kier alpha value is -1.14. The predicted octanol–water partition coefficient (Wildman–Crippen LogP) is 0.887. The van der Waals surface area contributed by atoms with E-state index in [2.05, 4.69) is 0 Å². The Balaban J connectivity index is 5.92. The molecular weight excluding hydrogens is 264 g/mol. The number of carbonyl (C=O) groups is 2. The van der Waals surface area contributed by atoms with Gasteiger partial charge in [-0.15, -0.1) is 0 Å². The molecule has 0 amide bonds. The maximum atomic E-state index is 12.1. The molecule has 0 rings (SSSR count). The fraction of sp³-hybridized carbons (Fsp3) is 0.857. The lowest BCUT2D eigenvalue weighted by molar-refractivity contribution is -0.231. The summed E-state index contributed by atoms with van der Waals surface area (Å²) < 4.78 is 9.67. The minimum Gasteiger partial charge on any atom is -0.464 e. The van der Waals surface area contributed by atoms with E-state index < -0.39 is 35.0 Å². The highest BCUT2D eigenvalue weighted by atomic mass is 16.6. The van der Waals surface area contributed by atoms with E-state index in [1.54, 1.807) is 13.8 Å². The SMILES string of the molecule is CCOC(=O)C(O)(C(C)C)C(O)(C(=O)OCC)C(C)C. The standard InChI is InChI=1S/C14H26O6/c1-7-19-11(15)13(17,9(3)4)14(18,10(5)6)12(16)20-8-2/h9-10,17-18H,7-8H2,1-6H3. The summed E-state index contributed by atoms with van der Waals surface area (Å²) in [5.74, 6) is -3.53. The average Bonchev–Trinajstić information content (AvgIpc) is 2.36. The molecule has 2 N–H and O–H groups in total. The van der Waals surface area contributed by atoms with Crippen LogP contribution in [0.5, 0.6) is 0 Å². The average molecular weight is 290 g/mol. The highest BCUT2D eigenvalue weighted by Gasteiger charge is 2.64. The van der Waals surface area contributed by atoms with Crippen LogP contribution < -0.4 is 0 Å².